The molecule has 0 saturated heterocycles. The first-order valence-electron chi connectivity index (χ1n) is 6.30. The zero-order valence-electron chi connectivity index (χ0n) is 11.0. The number of nitrogens with two attached hydrogens (primary N) is 1. The van der Waals surface area contributed by atoms with Gasteiger partial charge in [-0.1, -0.05) is 12.1 Å². The lowest BCUT2D eigenvalue weighted by Gasteiger charge is -2.30. The highest BCUT2D eigenvalue weighted by atomic mass is 32.2. The molecule has 0 aromatic heterocycles. The van der Waals surface area contributed by atoms with Crippen molar-refractivity contribution in [2.75, 3.05) is 23.2 Å². The van der Waals surface area contributed by atoms with Gasteiger partial charge in [-0.15, -0.1) is 0 Å². The summed E-state index contributed by atoms with van der Waals surface area (Å²) in [5.74, 6) is -0.140. The van der Waals surface area contributed by atoms with Gasteiger partial charge in [0.1, 0.15) is 18.2 Å². The predicted octanol–water partition coefficient (Wildman–Crippen LogP) is 2.00. The van der Waals surface area contributed by atoms with Crippen LogP contribution in [0.1, 0.15) is 0 Å². The number of fused-ring (bicyclic) bond motifs is 1. The molecule has 21 heavy (non-hydrogen) atoms. The molecule has 2 aromatic rings. The lowest BCUT2D eigenvalue weighted by atomic mass is 10.2. The average molecular weight is 308 g/mol. The van der Waals surface area contributed by atoms with Crippen molar-refractivity contribution in [1.82, 2.24) is 0 Å². The van der Waals surface area contributed by atoms with Crippen LogP contribution in [0.4, 0.5) is 15.8 Å². The first-order valence-corrected chi connectivity index (χ1v) is 7.74. The van der Waals surface area contributed by atoms with Gasteiger partial charge in [0.25, 0.3) is 10.0 Å². The van der Waals surface area contributed by atoms with Gasteiger partial charge < -0.3 is 10.5 Å². The van der Waals surface area contributed by atoms with Gasteiger partial charge in [-0.25, -0.2) is 12.8 Å². The number of anilines is 2. The number of halogens is 1. The number of hydrogen-bond donors (Lipinski definition) is 1. The molecule has 7 heteroatoms. The van der Waals surface area contributed by atoms with Crippen molar-refractivity contribution in [2.45, 2.75) is 4.90 Å². The minimum atomic E-state index is -3.81. The minimum absolute atomic E-state index is 0.0434. The number of nitrogen functional groups attached to an aromatic ring is 1. The Morgan fingerprint density at radius 3 is 2.71 bits per heavy atom. The van der Waals surface area contributed by atoms with Crippen LogP contribution in [0.2, 0.25) is 0 Å². The molecule has 1 heterocycles. The molecule has 0 aliphatic carbocycles. The summed E-state index contributed by atoms with van der Waals surface area (Å²) in [4.78, 5) is -0.0434. The maximum Gasteiger partial charge on any atom is 0.264 e. The summed E-state index contributed by atoms with van der Waals surface area (Å²) in [6.07, 6.45) is 0. The second-order valence-electron chi connectivity index (χ2n) is 4.58. The minimum Gasteiger partial charge on any atom is -0.489 e. The SMILES string of the molecule is Nc1cc(S(=O)(=O)N2CCOc3ccccc32)ccc1F. The second-order valence-corrected chi connectivity index (χ2v) is 6.44. The average Bonchev–Trinajstić information content (AvgIpc) is 2.49. The van der Waals surface area contributed by atoms with Gasteiger partial charge in [0.2, 0.25) is 0 Å². The number of sulfonamides is 1. The molecule has 0 fully saturated rings. The number of nitrogens with zero attached hydrogens (tertiary/aromatic N) is 1. The summed E-state index contributed by atoms with van der Waals surface area (Å²) in [5, 5.41) is 0. The van der Waals surface area contributed by atoms with Gasteiger partial charge in [0.15, 0.2) is 0 Å². The van der Waals surface area contributed by atoms with E-state index in [0.717, 1.165) is 12.1 Å². The van der Waals surface area contributed by atoms with Crippen molar-refractivity contribution in [3.63, 3.8) is 0 Å². The summed E-state index contributed by atoms with van der Waals surface area (Å²) in [5.41, 5.74) is 5.73. The Hall–Kier alpha value is -2.28. The molecule has 0 atom stereocenters. The van der Waals surface area contributed by atoms with Crippen molar-refractivity contribution >= 4 is 21.4 Å². The third kappa shape index (κ3) is 2.29. The summed E-state index contributed by atoms with van der Waals surface area (Å²) >= 11 is 0. The Morgan fingerprint density at radius 1 is 1.19 bits per heavy atom. The Labute approximate surface area is 121 Å². The van der Waals surface area contributed by atoms with Gasteiger partial charge in [0, 0.05) is 0 Å². The Morgan fingerprint density at radius 2 is 1.95 bits per heavy atom. The van der Waals surface area contributed by atoms with E-state index in [1.54, 1.807) is 24.3 Å². The summed E-state index contributed by atoms with van der Waals surface area (Å²) < 4.78 is 45.3. The molecule has 2 N–H and O–H groups in total. The van der Waals surface area contributed by atoms with E-state index in [1.807, 2.05) is 0 Å². The monoisotopic (exact) mass is 308 g/mol. The molecule has 5 nitrogen and oxygen atoms in total. The lowest BCUT2D eigenvalue weighted by molar-refractivity contribution is 0.316. The first-order chi connectivity index (χ1) is 10.00. The van der Waals surface area contributed by atoms with Crippen LogP contribution in [0.5, 0.6) is 5.75 Å². The van der Waals surface area contributed by atoms with E-state index >= 15 is 0 Å². The predicted molar refractivity (Wildman–Crippen MR) is 77.3 cm³/mol. The molecule has 0 bridgehead atoms. The van der Waals surface area contributed by atoms with Crippen LogP contribution >= 0.6 is 0 Å². The molecular formula is C14H13FN2O3S. The topological polar surface area (TPSA) is 72.6 Å². The number of para-hydroxylation sites is 2. The first kappa shape index (κ1) is 13.7. The number of ether oxygens (including phenoxy) is 1. The van der Waals surface area contributed by atoms with Crippen molar-refractivity contribution in [2.24, 2.45) is 0 Å². The third-order valence-electron chi connectivity index (χ3n) is 3.24. The van der Waals surface area contributed by atoms with E-state index in [2.05, 4.69) is 0 Å². The molecule has 0 amide bonds. The van der Waals surface area contributed by atoms with Crippen LogP contribution < -0.4 is 14.8 Å². The van der Waals surface area contributed by atoms with E-state index < -0.39 is 15.8 Å². The molecule has 0 spiro atoms. The van der Waals surface area contributed by atoms with Crippen molar-refractivity contribution < 1.29 is 17.5 Å². The molecule has 1 aliphatic rings. The molecular weight excluding hydrogens is 295 g/mol. The van der Waals surface area contributed by atoms with Gasteiger partial charge >= 0.3 is 0 Å². The zero-order chi connectivity index (χ0) is 15.0. The second kappa shape index (κ2) is 4.92. The molecule has 0 radical (unpaired) electrons. The normalized spacial score (nSPS) is 14.4. The van der Waals surface area contributed by atoms with E-state index in [4.69, 9.17) is 10.5 Å². The fourth-order valence-corrected chi connectivity index (χ4v) is 3.70. The van der Waals surface area contributed by atoms with E-state index in [9.17, 15) is 12.8 Å². The fraction of sp³-hybridized carbons (Fsp3) is 0.143. The number of hydrogen-bond acceptors (Lipinski definition) is 4. The Bertz CT molecular complexity index is 793. The largest absolute Gasteiger partial charge is 0.489 e. The lowest BCUT2D eigenvalue weighted by Crippen LogP contribution is -2.37. The van der Waals surface area contributed by atoms with Crippen molar-refractivity contribution in [3.05, 3.63) is 48.3 Å². The van der Waals surface area contributed by atoms with Gasteiger partial charge in [-0.3, -0.25) is 4.31 Å². The maximum atomic E-state index is 13.2. The van der Waals surface area contributed by atoms with Gasteiger partial charge in [0.05, 0.1) is 22.8 Å². The summed E-state index contributed by atoms with van der Waals surface area (Å²) in [7, 11) is -3.81. The molecule has 2 aromatic carbocycles. The van der Waals surface area contributed by atoms with Gasteiger partial charge in [-0.2, -0.15) is 0 Å². The molecule has 3 rings (SSSR count). The van der Waals surface area contributed by atoms with Crippen LogP contribution in [0.3, 0.4) is 0 Å². The number of benzene rings is 2. The van der Waals surface area contributed by atoms with Crippen molar-refractivity contribution in [3.8, 4) is 5.75 Å². The quantitative estimate of drug-likeness (QED) is 0.861. The molecule has 1 aliphatic heterocycles. The molecule has 0 unspecified atom stereocenters. The van der Waals surface area contributed by atoms with E-state index in [1.165, 1.54) is 10.4 Å². The summed E-state index contributed by atoms with van der Waals surface area (Å²) in [6.45, 7) is 0.448. The highest BCUT2D eigenvalue weighted by molar-refractivity contribution is 7.92. The third-order valence-corrected chi connectivity index (χ3v) is 5.05. The van der Waals surface area contributed by atoms with Crippen LogP contribution in [0.25, 0.3) is 0 Å². The number of rotatable bonds is 2. The van der Waals surface area contributed by atoms with Crippen LogP contribution in [-0.2, 0) is 10.0 Å². The van der Waals surface area contributed by atoms with Crippen LogP contribution in [0, 0.1) is 5.82 Å². The maximum absolute atomic E-state index is 13.2. The zero-order valence-corrected chi connectivity index (χ0v) is 11.8. The molecule has 0 saturated carbocycles. The summed E-state index contributed by atoms with van der Waals surface area (Å²) in [6, 6.07) is 10.3. The van der Waals surface area contributed by atoms with Crippen LogP contribution in [-0.4, -0.2) is 21.6 Å². The van der Waals surface area contributed by atoms with Crippen LogP contribution in [0.15, 0.2) is 47.4 Å². The highest BCUT2D eigenvalue weighted by Crippen LogP contribution is 2.35. The standard InChI is InChI=1S/C14H13FN2O3S/c15-11-6-5-10(9-12(11)16)21(18,19)17-7-8-20-14-4-2-1-3-13(14)17/h1-6,9H,7-8,16H2. The highest BCUT2D eigenvalue weighted by Gasteiger charge is 2.30. The molecule has 110 valence electrons. The van der Waals surface area contributed by atoms with Gasteiger partial charge in [-0.05, 0) is 30.3 Å². The van der Waals surface area contributed by atoms with E-state index in [0.29, 0.717) is 11.4 Å². The Balaban J connectivity index is 2.09. The Kier molecular flexibility index (Phi) is 3.21. The smallest absolute Gasteiger partial charge is 0.264 e. The van der Waals surface area contributed by atoms with Crippen molar-refractivity contribution in [1.29, 1.82) is 0 Å². The van der Waals surface area contributed by atoms with E-state index in [-0.39, 0.29) is 23.7 Å². The fourth-order valence-electron chi connectivity index (χ4n) is 2.20.